The standard InChI is InChI=1S/C13H18N4O4/c1-13(4-6-21-7-5-13)15-12(18)9-2-3-11(17(19)20)10(8-9)16-14/h2-3,8,16H,4-7,14H2,1H3,(H,15,18). The molecule has 8 heteroatoms. The Morgan fingerprint density at radius 1 is 1.43 bits per heavy atom. The Balaban J connectivity index is 2.17. The number of nitrogens with zero attached hydrogens (tertiary/aromatic N) is 1. The van der Waals surface area contributed by atoms with Crippen LogP contribution in [0.1, 0.15) is 30.1 Å². The highest BCUT2D eigenvalue weighted by atomic mass is 16.6. The van der Waals surface area contributed by atoms with E-state index >= 15 is 0 Å². The van der Waals surface area contributed by atoms with Gasteiger partial charge in [-0.05, 0) is 31.9 Å². The number of hydrogen-bond acceptors (Lipinski definition) is 6. The molecule has 1 aromatic rings. The normalized spacial score (nSPS) is 17.0. The number of carbonyl (C=O) groups is 1. The molecule has 21 heavy (non-hydrogen) atoms. The van der Waals surface area contributed by atoms with E-state index in [4.69, 9.17) is 10.6 Å². The molecule has 0 unspecified atom stereocenters. The van der Waals surface area contributed by atoms with Gasteiger partial charge in [0.05, 0.1) is 4.92 Å². The largest absolute Gasteiger partial charge is 0.381 e. The molecule has 0 aliphatic carbocycles. The van der Waals surface area contributed by atoms with Crippen LogP contribution in [0.25, 0.3) is 0 Å². The number of hydrogen-bond donors (Lipinski definition) is 3. The fraction of sp³-hybridized carbons (Fsp3) is 0.462. The van der Waals surface area contributed by atoms with Crippen molar-refractivity contribution >= 4 is 17.3 Å². The summed E-state index contributed by atoms with van der Waals surface area (Å²) in [6, 6.07) is 4.05. The first-order valence-electron chi connectivity index (χ1n) is 6.60. The number of rotatable bonds is 4. The summed E-state index contributed by atoms with van der Waals surface area (Å²) >= 11 is 0. The third kappa shape index (κ3) is 3.47. The highest BCUT2D eigenvalue weighted by Crippen LogP contribution is 2.25. The predicted molar refractivity (Wildman–Crippen MR) is 76.8 cm³/mol. The van der Waals surface area contributed by atoms with E-state index < -0.39 is 4.92 Å². The zero-order valence-electron chi connectivity index (χ0n) is 11.7. The van der Waals surface area contributed by atoms with Gasteiger partial charge in [-0.3, -0.25) is 20.8 Å². The molecule has 1 fully saturated rings. The van der Waals surface area contributed by atoms with E-state index in [1.165, 1.54) is 18.2 Å². The second-order valence-electron chi connectivity index (χ2n) is 5.26. The SMILES string of the molecule is CC1(NC(=O)c2ccc([N+](=O)[O-])c(NN)c2)CCOCC1. The summed E-state index contributed by atoms with van der Waals surface area (Å²) in [5, 5.41) is 13.8. The summed E-state index contributed by atoms with van der Waals surface area (Å²) < 4.78 is 5.28. The molecule has 0 bridgehead atoms. The van der Waals surface area contributed by atoms with Crippen molar-refractivity contribution in [3.05, 3.63) is 33.9 Å². The van der Waals surface area contributed by atoms with Crippen molar-refractivity contribution in [2.45, 2.75) is 25.3 Å². The van der Waals surface area contributed by atoms with Gasteiger partial charge in [-0.2, -0.15) is 0 Å². The topological polar surface area (TPSA) is 120 Å². The molecule has 4 N–H and O–H groups in total. The summed E-state index contributed by atoms with van der Waals surface area (Å²) in [7, 11) is 0. The van der Waals surface area contributed by atoms with Crippen LogP contribution >= 0.6 is 0 Å². The number of nitrogens with one attached hydrogen (secondary N) is 2. The second-order valence-corrected chi connectivity index (χ2v) is 5.26. The van der Waals surface area contributed by atoms with Crippen LogP contribution in [0, 0.1) is 10.1 Å². The first kappa shape index (κ1) is 15.2. The van der Waals surface area contributed by atoms with Gasteiger partial charge in [-0.15, -0.1) is 0 Å². The maximum atomic E-state index is 12.3. The average molecular weight is 294 g/mol. The fourth-order valence-corrected chi connectivity index (χ4v) is 2.25. The molecule has 8 nitrogen and oxygen atoms in total. The molecule has 2 rings (SSSR count). The van der Waals surface area contributed by atoms with Crippen molar-refractivity contribution in [1.82, 2.24) is 5.32 Å². The molecule has 1 saturated heterocycles. The van der Waals surface area contributed by atoms with Gasteiger partial charge in [0.2, 0.25) is 0 Å². The lowest BCUT2D eigenvalue weighted by Crippen LogP contribution is -2.49. The molecule has 1 amide bonds. The summed E-state index contributed by atoms with van der Waals surface area (Å²) in [6.07, 6.45) is 1.46. The fourth-order valence-electron chi connectivity index (χ4n) is 2.25. The van der Waals surface area contributed by atoms with Crippen LogP contribution in [0.15, 0.2) is 18.2 Å². The maximum Gasteiger partial charge on any atom is 0.293 e. The quantitative estimate of drug-likeness (QED) is 0.436. The van der Waals surface area contributed by atoms with Crippen molar-refractivity contribution in [2.24, 2.45) is 5.84 Å². The molecule has 1 aromatic carbocycles. The van der Waals surface area contributed by atoms with Gasteiger partial charge in [-0.1, -0.05) is 0 Å². The lowest BCUT2D eigenvalue weighted by molar-refractivity contribution is -0.384. The minimum absolute atomic E-state index is 0.102. The Hall–Kier alpha value is -2.19. The summed E-state index contributed by atoms with van der Waals surface area (Å²) in [6.45, 7) is 3.17. The molecular formula is C13H18N4O4. The van der Waals surface area contributed by atoms with E-state index in [0.29, 0.717) is 18.8 Å². The van der Waals surface area contributed by atoms with Crippen LogP contribution < -0.4 is 16.6 Å². The number of carbonyl (C=O) groups excluding carboxylic acids is 1. The van der Waals surface area contributed by atoms with E-state index in [0.717, 1.165) is 12.8 Å². The van der Waals surface area contributed by atoms with Crippen LogP contribution in [0.4, 0.5) is 11.4 Å². The Bertz CT molecular complexity index is 555. The van der Waals surface area contributed by atoms with Crippen LogP contribution in [0.5, 0.6) is 0 Å². The molecule has 0 saturated carbocycles. The molecule has 0 radical (unpaired) electrons. The van der Waals surface area contributed by atoms with E-state index in [1.807, 2.05) is 6.92 Å². The van der Waals surface area contributed by atoms with Crippen molar-refractivity contribution in [3.63, 3.8) is 0 Å². The monoisotopic (exact) mass is 294 g/mol. The number of benzene rings is 1. The van der Waals surface area contributed by atoms with Gasteiger partial charge in [0.1, 0.15) is 5.69 Å². The molecule has 114 valence electrons. The smallest absolute Gasteiger partial charge is 0.293 e. The Morgan fingerprint density at radius 2 is 2.10 bits per heavy atom. The Labute approximate surface area is 121 Å². The third-order valence-corrected chi connectivity index (χ3v) is 3.62. The average Bonchev–Trinajstić information content (AvgIpc) is 2.46. The molecule has 1 aliphatic heterocycles. The molecule has 1 aliphatic rings. The van der Waals surface area contributed by atoms with E-state index in [2.05, 4.69) is 10.7 Å². The van der Waals surface area contributed by atoms with Gasteiger partial charge < -0.3 is 15.5 Å². The molecule has 0 aromatic heterocycles. The van der Waals surface area contributed by atoms with Gasteiger partial charge in [0.25, 0.3) is 11.6 Å². The number of ether oxygens (including phenoxy) is 1. The van der Waals surface area contributed by atoms with Crippen LogP contribution in [0.3, 0.4) is 0 Å². The molecule has 0 spiro atoms. The number of hydrazine groups is 1. The van der Waals surface area contributed by atoms with E-state index in [9.17, 15) is 14.9 Å². The number of amides is 1. The number of nitro benzene ring substituents is 1. The number of nitrogen functional groups attached to an aromatic ring is 1. The zero-order valence-corrected chi connectivity index (χ0v) is 11.7. The number of nitro groups is 1. The summed E-state index contributed by atoms with van der Waals surface area (Å²) in [5.41, 5.74) is 2.17. The minimum Gasteiger partial charge on any atom is -0.381 e. The van der Waals surface area contributed by atoms with Crippen LogP contribution in [-0.4, -0.2) is 29.6 Å². The number of nitrogens with two attached hydrogens (primary N) is 1. The first-order chi connectivity index (χ1) is 9.95. The summed E-state index contributed by atoms with van der Waals surface area (Å²) in [4.78, 5) is 22.5. The molecule has 0 atom stereocenters. The van der Waals surface area contributed by atoms with E-state index in [-0.39, 0.29) is 22.8 Å². The Morgan fingerprint density at radius 3 is 2.67 bits per heavy atom. The number of anilines is 1. The molecular weight excluding hydrogens is 276 g/mol. The van der Waals surface area contributed by atoms with Crippen molar-refractivity contribution < 1.29 is 14.5 Å². The highest BCUT2D eigenvalue weighted by Gasteiger charge is 2.29. The highest BCUT2D eigenvalue weighted by molar-refractivity contribution is 5.96. The lowest BCUT2D eigenvalue weighted by atomic mass is 9.92. The zero-order chi connectivity index (χ0) is 15.5. The van der Waals surface area contributed by atoms with Crippen molar-refractivity contribution in [3.8, 4) is 0 Å². The van der Waals surface area contributed by atoms with Crippen LogP contribution in [-0.2, 0) is 4.74 Å². The predicted octanol–water partition coefficient (Wildman–Crippen LogP) is 1.18. The third-order valence-electron chi connectivity index (χ3n) is 3.62. The van der Waals surface area contributed by atoms with Gasteiger partial charge >= 0.3 is 0 Å². The van der Waals surface area contributed by atoms with Crippen LogP contribution in [0.2, 0.25) is 0 Å². The van der Waals surface area contributed by atoms with E-state index in [1.54, 1.807) is 0 Å². The van der Waals surface area contributed by atoms with Gasteiger partial charge in [0.15, 0.2) is 0 Å². The minimum atomic E-state index is -0.559. The second kappa shape index (κ2) is 6.06. The Kier molecular flexibility index (Phi) is 4.39. The van der Waals surface area contributed by atoms with Gasteiger partial charge in [-0.25, -0.2) is 0 Å². The van der Waals surface area contributed by atoms with Gasteiger partial charge in [0, 0.05) is 30.4 Å². The summed E-state index contributed by atoms with van der Waals surface area (Å²) in [5.74, 6) is 4.98. The van der Waals surface area contributed by atoms with Crippen molar-refractivity contribution in [1.29, 1.82) is 0 Å². The first-order valence-corrected chi connectivity index (χ1v) is 6.60. The lowest BCUT2D eigenvalue weighted by Gasteiger charge is -2.34. The maximum absolute atomic E-state index is 12.3. The molecule has 1 heterocycles. The van der Waals surface area contributed by atoms with Crippen molar-refractivity contribution in [2.75, 3.05) is 18.6 Å².